The van der Waals surface area contributed by atoms with Gasteiger partial charge in [-0.1, -0.05) is 36.7 Å². The fourth-order valence-corrected chi connectivity index (χ4v) is 9.13. The second-order valence-electron chi connectivity index (χ2n) is 13.3. The lowest BCUT2D eigenvalue weighted by Gasteiger charge is -2.51. The highest BCUT2D eigenvalue weighted by Gasteiger charge is 2.48. The number of aliphatic hydroxyl groups is 1. The summed E-state index contributed by atoms with van der Waals surface area (Å²) in [6.45, 7) is 5.45. The Labute approximate surface area is 260 Å². The van der Waals surface area contributed by atoms with Crippen molar-refractivity contribution >= 4 is 33.2 Å². The molecular weight excluding hydrogens is 584 g/mol. The smallest absolute Gasteiger partial charge is 0.264 e. The van der Waals surface area contributed by atoms with Crippen LogP contribution in [0, 0.1) is 23.7 Å². The SMILES string of the molecule is C[C@@H]1[C@@H](C)C[C@H]2C=CC[C@](O)(C2)[C@@H]2CC[C@H]2CN2CCCCc3cc(Cl)ccc3COc3ccc(cc32)C(=O)NS1(=O)=O. The van der Waals surface area contributed by atoms with Crippen LogP contribution in [0.15, 0.2) is 48.6 Å². The number of fused-ring (bicyclic) bond motifs is 6. The molecule has 4 bridgehead atoms. The first-order chi connectivity index (χ1) is 20.5. The lowest BCUT2D eigenvalue weighted by Crippen LogP contribution is -2.52. The van der Waals surface area contributed by atoms with Gasteiger partial charge in [0, 0.05) is 23.7 Å². The molecule has 6 rings (SSSR count). The number of hydrogen-bond donors (Lipinski definition) is 2. The van der Waals surface area contributed by atoms with Crippen LogP contribution in [0.3, 0.4) is 0 Å². The molecule has 0 unspecified atom stereocenters. The first-order valence-electron chi connectivity index (χ1n) is 15.8. The highest BCUT2D eigenvalue weighted by Crippen LogP contribution is 2.49. The van der Waals surface area contributed by atoms with Gasteiger partial charge in [-0.25, -0.2) is 13.1 Å². The van der Waals surface area contributed by atoms with Crippen molar-refractivity contribution in [2.24, 2.45) is 23.7 Å². The van der Waals surface area contributed by atoms with Gasteiger partial charge in [0.25, 0.3) is 5.91 Å². The van der Waals surface area contributed by atoms with Gasteiger partial charge in [-0.2, -0.15) is 0 Å². The normalized spacial score (nSPS) is 32.6. The van der Waals surface area contributed by atoms with E-state index >= 15 is 0 Å². The second-order valence-corrected chi connectivity index (χ2v) is 15.8. The van der Waals surface area contributed by atoms with Crippen LogP contribution >= 0.6 is 11.6 Å². The summed E-state index contributed by atoms with van der Waals surface area (Å²) in [6.07, 6.45) is 11.0. The third kappa shape index (κ3) is 6.34. The first-order valence-corrected chi connectivity index (χ1v) is 17.7. The highest BCUT2D eigenvalue weighted by atomic mass is 35.5. The summed E-state index contributed by atoms with van der Waals surface area (Å²) in [5.41, 5.74) is 2.53. The number of benzene rings is 2. The molecule has 0 radical (unpaired) electrons. The number of carbonyl (C=O) groups is 1. The summed E-state index contributed by atoms with van der Waals surface area (Å²) in [7, 11) is -3.93. The van der Waals surface area contributed by atoms with Crippen molar-refractivity contribution in [2.75, 3.05) is 18.0 Å². The monoisotopic (exact) mass is 626 g/mol. The van der Waals surface area contributed by atoms with Crippen molar-refractivity contribution in [3.05, 3.63) is 70.3 Å². The van der Waals surface area contributed by atoms with E-state index in [1.807, 2.05) is 25.1 Å². The van der Waals surface area contributed by atoms with E-state index < -0.39 is 26.8 Å². The van der Waals surface area contributed by atoms with Gasteiger partial charge in [0.2, 0.25) is 10.0 Å². The van der Waals surface area contributed by atoms with Crippen LogP contribution in [0.2, 0.25) is 5.02 Å². The fourth-order valence-electron chi connectivity index (χ4n) is 7.65. The largest absolute Gasteiger partial charge is 0.487 e. The molecule has 2 aliphatic carbocycles. The van der Waals surface area contributed by atoms with E-state index in [0.29, 0.717) is 42.6 Å². The van der Waals surface area contributed by atoms with Gasteiger partial charge in [0.05, 0.1) is 16.5 Å². The average Bonchev–Trinajstić information content (AvgIpc) is 2.97. The van der Waals surface area contributed by atoms with Gasteiger partial charge in [-0.05, 0) is 123 Å². The van der Waals surface area contributed by atoms with Crippen LogP contribution in [0.1, 0.15) is 80.3 Å². The summed E-state index contributed by atoms with van der Waals surface area (Å²) in [5.74, 6) is 0.411. The zero-order valence-corrected chi connectivity index (χ0v) is 26.7. The number of anilines is 1. The Morgan fingerprint density at radius 1 is 1.09 bits per heavy atom. The van der Waals surface area contributed by atoms with Crippen molar-refractivity contribution in [2.45, 2.75) is 82.7 Å². The van der Waals surface area contributed by atoms with Crippen LogP contribution < -0.4 is 14.4 Å². The Bertz CT molecular complexity index is 1510. The molecule has 1 fully saturated rings. The van der Waals surface area contributed by atoms with Crippen LogP contribution in [0.5, 0.6) is 5.75 Å². The molecule has 2 aliphatic heterocycles. The topological polar surface area (TPSA) is 95.9 Å². The molecule has 9 heteroatoms. The van der Waals surface area contributed by atoms with E-state index in [4.69, 9.17) is 16.3 Å². The second kappa shape index (κ2) is 12.1. The predicted molar refractivity (Wildman–Crippen MR) is 170 cm³/mol. The van der Waals surface area contributed by atoms with Crippen molar-refractivity contribution < 1.29 is 23.1 Å². The number of amides is 1. The number of nitrogens with one attached hydrogen (secondary N) is 1. The highest BCUT2D eigenvalue weighted by molar-refractivity contribution is 7.90. The maximum Gasteiger partial charge on any atom is 0.264 e. The Morgan fingerprint density at radius 3 is 2.72 bits per heavy atom. The average molecular weight is 627 g/mol. The van der Waals surface area contributed by atoms with E-state index in [0.717, 1.165) is 56.4 Å². The predicted octanol–water partition coefficient (Wildman–Crippen LogP) is 6.27. The van der Waals surface area contributed by atoms with Crippen LogP contribution in [0.4, 0.5) is 5.69 Å². The van der Waals surface area contributed by atoms with Crippen molar-refractivity contribution in [3.8, 4) is 5.75 Å². The minimum atomic E-state index is -3.93. The fraction of sp³-hybridized carbons (Fsp3) is 0.559. The molecule has 43 heavy (non-hydrogen) atoms. The van der Waals surface area contributed by atoms with Gasteiger partial charge in [-0.3, -0.25) is 4.79 Å². The van der Waals surface area contributed by atoms with Gasteiger partial charge in [0.1, 0.15) is 12.4 Å². The van der Waals surface area contributed by atoms with Crippen LogP contribution in [-0.4, -0.2) is 43.4 Å². The summed E-state index contributed by atoms with van der Waals surface area (Å²) in [6, 6.07) is 11.1. The molecule has 0 saturated heterocycles. The Morgan fingerprint density at radius 2 is 1.93 bits per heavy atom. The number of ether oxygens (including phenoxy) is 1. The Balaban J connectivity index is 1.40. The number of nitrogens with zero attached hydrogens (tertiary/aromatic N) is 1. The van der Waals surface area contributed by atoms with E-state index in [9.17, 15) is 18.3 Å². The standard InChI is InChI=1S/C34H43ClN2O5S/c1-22-16-24-6-5-14-34(39,19-24)30-12-9-27(30)20-37-15-4-3-7-25-17-29(35)11-8-28(25)21-42-32-13-10-26(18-31(32)37)33(38)36-43(40,41)23(22)2/h5-6,8,10-11,13,17-18,22-24,27,30,39H,3-4,7,9,12,14-16,19-21H2,1-2H3,(H,36,38)/t22-,23+,24+,27-,30+,34-/m0/s1. The van der Waals surface area contributed by atoms with Crippen molar-refractivity contribution in [3.63, 3.8) is 0 Å². The van der Waals surface area contributed by atoms with Gasteiger partial charge >= 0.3 is 0 Å². The zero-order chi connectivity index (χ0) is 30.4. The molecule has 0 spiro atoms. The van der Waals surface area contributed by atoms with E-state index in [2.05, 4.69) is 21.8 Å². The quantitative estimate of drug-likeness (QED) is 0.335. The first kappa shape index (κ1) is 30.5. The molecule has 7 nitrogen and oxygen atoms in total. The lowest BCUT2D eigenvalue weighted by molar-refractivity contribution is -0.0951. The van der Waals surface area contributed by atoms with Crippen LogP contribution in [0.25, 0.3) is 0 Å². The summed E-state index contributed by atoms with van der Waals surface area (Å²) in [5, 5.41) is 12.0. The summed E-state index contributed by atoms with van der Waals surface area (Å²) >= 11 is 6.33. The number of allylic oxidation sites excluding steroid dienone is 1. The molecule has 6 atom stereocenters. The number of hydrogen-bond acceptors (Lipinski definition) is 6. The van der Waals surface area contributed by atoms with Gasteiger partial charge in [0.15, 0.2) is 0 Å². The third-order valence-corrected chi connectivity index (χ3v) is 12.6. The third-order valence-electron chi connectivity index (χ3n) is 10.5. The number of halogens is 1. The summed E-state index contributed by atoms with van der Waals surface area (Å²) < 4.78 is 35.5. The molecule has 1 amide bonds. The molecule has 2 N–H and O–H groups in total. The minimum Gasteiger partial charge on any atom is -0.487 e. The van der Waals surface area contributed by atoms with Crippen molar-refractivity contribution in [1.29, 1.82) is 0 Å². The molecule has 2 heterocycles. The van der Waals surface area contributed by atoms with Crippen LogP contribution in [-0.2, 0) is 23.1 Å². The lowest BCUT2D eigenvalue weighted by atomic mass is 9.60. The molecule has 1 saturated carbocycles. The maximum absolute atomic E-state index is 13.4. The van der Waals surface area contributed by atoms with Crippen molar-refractivity contribution in [1.82, 2.24) is 4.72 Å². The summed E-state index contributed by atoms with van der Waals surface area (Å²) in [4.78, 5) is 15.7. The molecule has 0 aromatic heterocycles. The Hall–Kier alpha value is -2.55. The van der Waals surface area contributed by atoms with Gasteiger partial charge in [-0.15, -0.1) is 0 Å². The van der Waals surface area contributed by atoms with E-state index in [-0.39, 0.29) is 23.3 Å². The molecule has 2 aromatic rings. The number of carbonyl (C=O) groups excluding carboxylic acids is 1. The molecular formula is C34H43ClN2O5S. The number of sulfonamides is 1. The van der Waals surface area contributed by atoms with E-state index in [1.165, 1.54) is 5.56 Å². The minimum absolute atomic E-state index is 0.0943. The number of rotatable bonds is 0. The van der Waals surface area contributed by atoms with Gasteiger partial charge < -0.3 is 14.7 Å². The Kier molecular flexibility index (Phi) is 8.57. The maximum atomic E-state index is 13.4. The molecule has 2 aromatic carbocycles. The number of aryl methyl sites for hydroxylation is 1. The van der Waals surface area contributed by atoms with E-state index in [1.54, 1.807) is 25.1 Å². The molecule has 232 valence electrons. The zero-order valence-electron chi connectivity index (χ0n) is 25.1. The molecule has 4 aliphatic rings.